The second kappa shape index (κ2) is 5.43. The molecule has 116 valence electrons. The fourth-order valence-corrected chi connectivity index (χ4v) is 4.73. The van der Waals surface area contributed by atoms with Crippen molar-refractivity contribution < 1.29 is 0 Å². The maximum atomic E-state index is 3.75. The van der Waals surface area contributed by atoms with E-state index < -0.39 is 0 Å². The highest BCUT2D eigenvalue weighted by Gasteiger charge is 2.57. The summed E-state index contributed by atoms with van der Waals surface area (Å²) in [5.41, 5.74) is 5.56. The van der Waals surface area contributed by atoms with Gasteiger partial charge in [0.2, 0.25) is 0 Å². The fourth-order valence-electron chi connectivity index (χ4n) is 4.73. The van der Waals surface area contributed by atoms with Crippen molar-refractivity contribution in [2.45, 2.75) is 65.2 Å². The Bertz CT molecular complexity index is 482. The normalized spacial score (nSPS) is 22.1. The first-order valence-electron chi connectivity index (χ1n) is 8.73. The van der Waals surface area contributed by atoms with Crippen LogP contribution in [0, 0.1) is 25.2 Å². The van der Waals surface area contributed by atoms with Gasteiger partial charge in [-0.25, -0.2) is 0 Å². The predicted octanol–water partition coefficient (Wildman–Crippen LogP) is 4.75. The second-order valence-electron chi connectivity index (χ2n) is 8.39. The Morgan fingerprint density at radius 2 is 1.67 bits per heavy atom. The van der Waals surface area contributed by atoms with E-state index in [1.807, 2.05) is 0 Å². The topological polar surface area (TPSA) is 12.0 Å². The van der Waals surface area contributed by atoms with Crippen molar-refractivity contribution in [3.05, 3.63) is 34.9 Å². The van der Waals surface area contributed by atoms with Crippen LogP contribution in [0.25, 0.3) is 0 Å². The monoisotopic (exact) mass is 285 g/mol. The number of rotatable bonds is 5. The Hall–Kier alpha value is -0.820. The summed E-state index contributed by atoms with van der Waals surface area (Å²) in [7, 11) is 0. The highest BCUT2D eigenvalue weighted by Crippen LogP contribution is 2.64. The molecule has 1 aromatic carbocycles. The lowest BCUT2D eigenvalue weighted by molar-refractivity contribution is -0.0484. The molecular weight excluding hydrogens is 254 g/mol. The minimum atomic E-state index is 0.409. The van der Waals surface area contributed by atoms with Gasteiger partial charge >= 0.3 is 0 Å². The van der Waals surface area contributed by atoms with Gasteiger partial charge in [-0.05, 0) is 63.0 Å². The molecule has 3 rings (SSSR count). The molecule has 2 fully saturated rings. The Labute approximate surface area is 130 Å². The third-order valence-electron chi connectivity index (χ3n) is 5.69. The van der Waals surface area contributed by atoms with Crippen LogP contribution in [-0.2, 0) is 5.41 Å². The number of hydrogen-bond donors (Lipinski definition) is 1. The molecule has 2 aliphatic carbocycles. The zero-order valence-electron chi connectivity index (χ0n) is 14.3. The van der Waals surface area contributed by atoms with Gasteiger partial charge in [0.25, 0.3) is 0 Å². The zero-order valence-corrected chi connectivity index (χ0v) is 14.3. The van der Waals surface area contributed by atoms with Crippen LogP contribution in [0.4, 0.5) is 0 Å². The fraction of sp³-hybridized carbons (Fsp3) is 0.700. The number of nitrogens with one attached hydrogen (secondary N) is 1. The Morgan fingerprint density at radius 1 is 1.05 bits per heavy atom. The molecule has 0 heterocycles. The number of aryl methyl sites for hydroxylation is 2. The maximum Gasteiger partial charge on any atom is 0.00885 e. The van der Waals surface area contributed by atoms with Crippen LogP contribution in [0.1, 0.15) is 62.6 Å². The predicted molar refractivity (Wildman–Crippen MR) is 90.8 cm³/mol. The molecule has 0 saturated heterocycles. The van der Waals surface area contributed by atoms with Gasteiger partial charge in [0.15, 0.2) is 0 Å². The molecule has 0 amide bonds. The van der Waals surface area contributed by atoms with Gasteiger partial charge in [-0.15, -0.1) is 0 Å². The van der Waals surface area contributed by atoms with E-state index in [1.54, 1.807) is 5.56 Å². The lowest BCUT2D eigenvalue weighted by Crippen LogP contribution is -2.57. The van der Waals surface area contributed by atoms with Crippen molar-refractivity contribution in [1.29, 1.82) is 0 Å². The first-order valence-corrected chi connectivity index (χ1v) is 8.73. The molecule has 1 heteroatoms. The van der Waals surface area contributed by atoms with Crippen molar-refractivity contribution in [2.24, 2.45) is 11.3 Å². The molecule has 0 unspecified atom stereocenters. The standard InChI is InChI=1S/C20H31N/c1-15(2)11-21-14-20(12-19(13-20)6-5-7-19)18-9-16(3)8-17(4)10-18/h8-10,15,21H,5-7,11-14H2,1-4H3. The van der Waals surface area contributed by atoms with Crippen LogP contribution >= 0.6 is 0 Å². The quantitative estimate of drug-likeness (QED) is 0.823. The van der Waals surface area contributed by atoms with Crippen molar-refractivity contribution in [3.63, 3.8) is 0 Å². The minimum absolute atomic E-state index is 0.409. The molecule has 1 nitrogen and oxygen atoms in total. The first-order chi connectivity index (χ1) is 9.93. The van der Waals surface area contributed by atoms with Crippen molar-refractivity contribution in [2.75, 3.05) is 13.1 Å². The van der Waals surface area contributed by atoms with E-state index in [4.69, 9.17) is 0 Å². The summed E-state index contributed by atoms with van der Waals surface area (Å²) < 4.78 is 0. The van der Waals surface area contributed by atoms with E-state index >= 15 is 0 Å². The van der Waals surface area contributed by atoms with Gasteiger partial charge < -0.3 is 5.32 Å². The highest BCUT2D eigenvalue weighted by atomic mass is 14.9. The summed E-state index contributed by atoms with van der Waals surface area (Å²) in [6.45, 7) is 11.4. The minimum Gasteiger partial charge on any atom is -0.316 e. The molecule has 0 radical (unpaired) electrons. The third kappa shape index (κ3) is 2.90. The van der Waals surface area contributed by atoms with E-state index in [0.717, 1.165) is 24.4 Å². The zero-order chi connectivity index (χ0) is 15.1. The van der Waals surface area contributed by atoms with Crippen LogP contribution in [0.5, 0.6) is 0 Å². The number of hydrogen-bond acceptors (Lipinski definition) is 1. The van der Waals surface area contributed by atoms with Crippen LogP contribution in [0.2, 0.25) is 0 Å². The molecule has 1 spiro atoms. The van der Waals surface area contributed by atoms with Gasteiger partial charge in [-0.1, -0.05) is 49.6 Å². The summed E-state index contributed by atoms with van der Waals surface area (Å²) in [6, 6.07) is 7.18. The molecule has 21 heavy (non-hydrogen) atoms. The average Bonchev–Trinajstić information content (AvgIpc) is 2.28. The second-order valence-corrected chi connectivity index (χ2v) is 8.39. The molecule has 1 N–H and O–H groups in total. The van der Waals surface area contributed by atoms with Crippen molar-refractivity contribution in [1.82, 2.24) is 5.32 Å². The molecule has 0 aromatic heterocycles. The van der Waals surface area contributed by atoms with E-state index in [9.17, 15) is 0 Å². The summed E-state index contributed by atoms with van der Waals surface area (Å²) in [4.78, 5) is 0. The van der Waals surface area contributed by atoms with Crippen LogP contribution in [-0.4, -0.2) is 13.1 Å². The van der Waals surface area contributed by atoms with Gasteiger partial charge in [-0.3, -0.25) is 0 Å². The van der Waals surface area contributed by atoms with Crippen LogP contribution < -0.4 is 5.32 Å². The largest absolute Gasteiger partial charge is 0.316 e. The van der Waals surface area contributed by atoms with Crippen LogP contribution in [0.3, 0.4) is 0 Å². The van der Waals surface area contributed by atoms with Gasteiger partial charge in [0.1, 0.15) is 0 Å². The molecule has 0 atom stereocenters. The summed E-state index contributed by atoms with van der Waals surface area (Å²) in [5, 5.41) is 3.75. The Morgan fingerprint density at radius 3 is 2.14 bits per heavy atom. The third-order valence-corrected chi connectivity index (χ3v) is 5.69. The van der Waals surface area contributed by atoms with E-state index in [1.165, 1.54) is 43.2 Å². The average molecular weight is 285 g/mol. The number of benzene rings is 1. The molecule has 2 saturated carbocycles. The van der Waals surface area contributed by atoms with Gasteiger partial charge in [0, 0.05) is 12.0 Å². The van der Waals surface area contributed by atoms with Crippen molar-refractivity contribution in [3.8, 4) is 0 Å². The van der Waals surface area contributed by atoms with Gasteiger partial charge in [-0.2, -0.15) is 0 Å². The molecule has 0 bridgehead atoms. The van der Waals surface area contributed by atoms with E-state index in [2.05, 4.69) is 51.2 Å². The molecular formula is C20H31N. The summed E-state index contributed by atoms with van der Waals surface area (Å²) in [5.74, 6) is 0.735. The van der Waals surface area contributed by atoms with E-state index in [0.29, 0.717) is 5.41 Å². The molecule has 2 aliphatic rings. The lowest BCUT2D eigenvalue weighted by Gasteiger charge is -2.62. The first kappa shape index (κ1) is 15.1. The molecule has 1 aromatic rings. The highest BCUT2D eigenvalue weighted by molar-refractivity contribution is 5.38. The SMILES string of the molecule is Cc1cc(C)cc(C2(CNCC(C)C)CC3(CCC3)C2)c1. The lowest BCUT2D eigenvalue weighted by atomic mass is 9.43. The maximum absolute atomic E-state index is 3.75. The van der Waals surface area contributed by atoms with Crippen molar-refractivity contribution >= 4 is 0 Å². The summed E-state index contributed by atoms with van der Waals surface area (Å²) >= 11 is 0. The van der Waals surface area contributed by atoms with Gasteiger partial charge in [0.05, 0.1) is 0 Å². The smallest absolute Gasteiger partial charge is 0.00885 e. The Balaban J connectivity index is 1.79. The Kier molecular flexibility index (Phi) is 3.90. The van der Waals surface area contributed by atoms with E-state index in [-0.39, 0.29) is 0 Å². The summed E-state index contributed by atoms with van der Waals surface area (Å²) in [6.07, 6.45) is 7.23. The molecule has 0 aliphatic heterocycles. The van der Waals surface area contributed by atoms with Crippen LogP contribution in [0.15, 0.2) is 18.2 Å².